The Morgan fingerprint density at radius 2 is 1.72 bits per heavy atom. The van der Waals surface area contributed by atoms with E-state index in [1.165, 1.54) is 14.2 Å². The smallest absolute Gasteiger partial charge is 0.310 e. The Kier molecular flexibility index (Phi) is 6.42. The van der Waals surface area contributed by atoms with E-state index in [1.54, 1.807) is 0 Å². The van der Waals surface area contributed by atoms with E-state index in [4.69, 9.17) is 28.4 Å². The summed E-state index contributed by atoms with van der Waals surface area (Å²) in [7, 11) is 3.05. The molecule has 0 spiro atoms. The molecule has 6 rings (SSSR count). The second kappa shape index (κ2) is 10.1. The molecule has 9 nitrogen and oxygen atoms in total. The lowest BCUT2D eigenvalue weighted by Crippen LogP contribution is -2.31. The van der Waals surface area contributed by atoms with Crippen molar-refractivity contribution in [2.24, 2.45) is 11.8 Å². The molecule has 2 heterocycles. The van der Waals surface area contributed by atoms with Gasteiger partial charge in [-0.3, -0.25) is 9.59 Å². The summed E-state index contributed by atoms with van der Waals surface area (Å²) in [4.78, 5) is 25.6. The number of fused-ring (bicyclic) bond motifs is 3. The quantitative estimate of drug-likeness (QED) is 0.452. The minimum absolute atomic E-state index is 0.0356. The molecule has 0 unspecified atom stereocenters. The summed E-state index contributed by atoms with van der Waals surface area (Å²) < 4.78 is 34.1. The molecule has 1 saturated heterocycles. The van der Waals surface area contributed by atoms with E-state index < -0.39 is 0 Å². The molecule has 3 aromatic carbocycles. The van der Waals surface area contributed by atoms with Gasteiger partial charge in [-0.15, -0.1) is 0 Å². The lowest BCUT2D eigenvalue weighted by Gasteiger charge is -2.34. The van der Waals surface area contributed by atoms with Gasteiger partial charge in [0.2, 0.25) is 12.5 Å². The van der Waals surface area contributed by atoms with Crippen LogP contribution >= 0.6 is 0 Å². The molecule has 1 amide bonds. The van der Waals surface area contributed by atoms with Gasteiger partial charge in [-0.2, -0.15) is 0 Å². The predicted molar refractivity (Wildman–Crippen MR) is 141 cm³/mol. The average molecular weight is 532 g/mol. The Morgan fingerprint density at radius 3 is 2.44 bits per heavy atom. The van der Waals surface area contributed by atoms with Crippen LogP contribution in [0.25, 0.3) is 0 Å². The molecule has 3 aliphatic rings. The van der Waals surface area contributed by atoms with Gasteiger partial charge in [0, 0.05) is 17.5 Å². The molecule has 0 saturated carbocycles. The Labute approximate surface area is 225 Å². The second-order valence-electron chi connectivity index (χ2n) is 9.91. The maximum Gasteiger partial charge on any atom is 0.310 e. The Hall–Kier alpha value is -4.40. The number of carbonyl (C=O) groups excluding carboxylic acids is 2. The van der Waals surface area contributed by atoms with Crippen molar-refractivity contribution in [3.63, 3.8) is 0 Å². The SMILES string of the molecule is COc1cc([C@@H]2c3cc4c(cc3C[C@H]3COC(=O)[C@@H]32)OCO4)cc(OC)c1OCC(=O)Nc1ccccc1C. The van der Waals surface area contributed by atoms with Gasteiger partial charge in [0.15, 0.2) is 29.6 Å². The number of benzene rings is 3. The number of para-hydroxylation sites is 1. The standard InChI is InChI=1S/C30H29NO8/c1-16-6-4-5-7-21(16)31-26(32)14-36-29-24(34-2)10-18(11-25(29)35-3)27-20-12-23-22(38-15-39-23)9-17(20)8-19-13-37-30(33)28(19)27/h4-7,9-12,19,27-28H,8,13-15H2,1-3H3,(H,31,32)/t19-,27+,28-/m0/s1. The van der Waals surface area contributed by atoms with Crippen molar-refractivity contribution in [1.29, 1.82) is 0 Å². The highest BCUT2D eigenvalue weighted by atomic mass is 16.7. The molecule has 3 aromatic rings. The molecule has 2 aliphatic heterocycles. The lowest BCUT2D eigenvalue weighted by molar-refractivity contribution is -0.141. The van der Waals surface area contributed by atoms with E-state index in [-0.39, 0.29) is 43.0 Å². The van der Waals surface area contributed by atoms with Gasteiger partial charge in [0.05, 0.1) is 26.7 Å². The number of ether oxygens (including phenoxy) is 6. The fourth-order valence-electron chi connectivity index (χ4n) is 5.76. The molecule has 1 N–H and O–H groups in total. The summed E-state index contributed by atoms with van der Waals surface area (Å²) in [5, 5.41) is 2.86. The highest BCUT2D eigenvalue weighted by Gasteiger charge is 2.48. The first kappa shape index (κ1) is 24.9. The third-order valence-corrected chi connectivity index (χ3v) is 7.64. The largest absolute Gasteiger partial charge is 0.493 e. The van der Waals surface area contributed by atoms with Crippen LogP contribution in [0.2, 0.25) is 0 Å². The normalized spacial score (nSPS) is 20.5. The van der Waals surface area contributed by atoms with Gasteiger partial charge in [-0.25, -0.2) is 0 Å². The van der Waals surface area contributed by atoms with Crippen molar-refractivity contribution in [3.8, 4) is 28.7 Å². The topological polar surface area (TPSA) is 102 Å². The van der Waals surface area contributed by atoms with Crippen LogP contribution in [-0.4, -0.2) is 46.1 Å². The van der Waals surface area contributed by atoms with Crippen LogP contribution in [0, 0.1) is 18.8 Å². The number of carbonyl (C=O) groups is 2. The number of aryl methyl sites for hydroxylation is 1. The Morgan fingerprint density at radius 1 is 1.00 bits per heavy atom. The van der Waals surface area contributed by atoms with Crippen LogP contribution in [0.3, 0.4) is 0 Å². The van der Waals surface area contributed by atoms with Crippen molar-refractivity contribution in [2.75, 3.05) is 39.5 Å². The number of anilines is 1. The molecule has 1 aliphatic carbocycles. The number of methoxy groups -OCH3 is 2. The molecule has 202 valence electrons. The summed E-state index contributed by atoms with van der Waals surface area (Å²) in [6.07, 6.45) is 0.713. The highest BCUT2D eigenvalue weighted by molar-refractivity contribution is 5.92. The van der Waals surface area contributed by atoms with Crippen LogP contribution in [0.15, 0.2) is 48.5 Å². The molecule has 9 heteroatoms. The number of amides is 1. The van der Waals surface area contributed by atoms with Crippen molar-refractivity contribution in [1.82, 2.24) is 0 Å². The van der Waals surface area contributed by atoms with Gasteiger partial charge in [-0.05, 0) is 65.9 Å². The number of nitrogens with one attached hydrogen (secondary N) is 1. The van der Waals surface area contributed by atoms with Gasteiger partial charge in [-0.1, -0.05) is 18.2 Å². The van der Waals surface area contributed by atoms with Gasteiger partial charge in [0.25, 0.3) is 5.91 Å². The molecule has 0 aromatic heterocycles. The zero-order valence-corrected chi connectivity index (χ0v) is 21.9. The first-order valence-corrected chi connectivity index (χ1v) is 12.8. The van der Waals surface area contributed by atoms with E-state index in [0.717, 1.165) is 27.9 Å². The van der Waals surface area contributed by atoms with Gasteiger partial charge < -0.3 is 33.7 Å². The number of cyclic esters (lactones) is 1. The van der Waals surface area contributed by atoms with E-state index in [2.05, 4.69) is 5.32 Å². The van der Waals surface area contributed by atoms with E-state index >= 15 is 0 Å². The van der Waals surface area contributed by atoms with Crippen LogP contribution in [-0.2, 0) is 20.7 Å². The maximum absolute atomic E-state index is 13.0. The molecule has 1 fully saturated rings. The number of hydrogen-bond donors (Lipinski definition) is 1. The van der Waals surface area contributed by atoms with E-state index in [0.29, 0.717) is 41.8 Å². The number of esters is 1. The van der Waals surface area contributed by atoms with Crippen molar-refractivity contribution >= 4 is 17.6 Å². The van der Waals surface area contributed by atoms with Crippen molar-refractivity contribution in [3.05, 3.63) is 70.8 Å². The lowest BCUT2D eigenvalue weighted by atomic mass is 9.67. The minimum Gasteiger partial charge on any atom is -0.493 e. The van der Waals surface area contributed by atoms with Crippen molar-refractivity contribution < 1.29 is 38.0 Å². The van der Waals surface area contributed by atoms with Gasteiger partial charge in [0.1, 0.15) is 0 Å². The zero-order chi connectivity index (χ0) is 27.1. The van der Waals surface area contributed by atoms with Gasteiger partial charge >= 0.3 is 5.97 Å². The zero-order valence-electron chi connectivity index (χ0n) is 21.9. The van der Waals surface area contributed by atoms with Crippen LogP contribution < -0.4 is 29.0 Å². The third-order valence-electron chi connectivity index (χ3n) is 7.64. The molecule has 0 radical (unpaired) electrons. The van der Waals surface area contributed by atoms with Crippen LogP contribution in [0.4, 0.5) is 5.69 Å². The van der Waals surface area contributed by atoms with Crippen molar-refractivity contribution in [2.45, 2.75) is 19.3 Å². The van der Waals surface area contributed by atoms with E-state index in [9.17, 15) is 9.59 Å². The molecular weight excluding hydrogens is 502 g/mol. The number of rotatable bonds is 7. The fraction of sp³-hybridized carbons (Fsp3) is 0.333. The van der Waals surface area contributed by atoms with Crippen LogP contribution in [0.5, 0.6) is 28.7 Å². The molecule has 39 heavy (non-hydrogen) atoms. The second-order valence-corrected chi connectivity index (χ2v) is 9.91. The maximum atomic E-state index is 13.0. The predicted octanol–water partition coefficient (Wildman–Crippen LogP) is 4.24. The average Bonchev–Trinajstić information content (AvgIpc) is 3.56. The molecule has 0 bridgehead atoms. The molecular formula is C30H29NO8. The Bertz CT molecular complexity index is 1430. The third kappa shape index (κ3) is 4.47. The highest BCUT2D eigenvalue weighted by Crippen LogP contribution is 2.52. The Balaban J connectivity index is 1.34. The van der Waals surface area contributed by atoms with Crippen LogP contribution in [0.1, 0.15) is 28.2 Å². The first-order chi connectivity index (χ1) is 19.0. The van der Waals surface area contributed by atoms with E-state index in [1.807, 2.05) is 55.5 Å². The number of hydrogen-bond acceptors (Lipinski definition) is 8. The summed E-state index contributed by atoms with van der Waals surface area (Å²) in [5.41, 5.74) is 4.55. The minimum atomic E-state index is -0.362. The summed E-state index contributed by atoms with van der Waals surface area (Å²) >= 11 is 0. The fourth-order valence-corrected chi connectivity index (χ4v) is 5.76. The monoisotopic (exact) mass is 531 g/mol. The summed E-state index contributed by atoms with van der Waals surface area (Å²) in [5.74, 6) is 1.27. The first-order valence-electron chi connectivity index (χ1n) is 12.8. The molecule has 3 atom stereocenters. The summed E-state index contributed by atoms with van der Waals surface area (Å²) in [6, 6.07) is 15.2. The summed E-state index contributed by atoms with van der Waals surface area (Å²) in [6.45, 7) is 2.22.